The fourth-order valence-corrected chi connectivity index (χ4v) is 9.46. The molecule has 0 rings (SSSR count). The summed E-state index contributed by atoms with van der Waals surface area (Å²) in [5, 5.41) is 0. The van der Waals surface area contributed by atoms with Crippen LogP contribution in [0.4, 0.5) is 0 Å². The molecule has 0 aromatic rings. The first-order chi connectivity index (χ1) is 31.9. The highest BCUT2D eigenvalue weighted by molar-refractivity contribution is 6.48. The third-order valence-corrected chi connectivity index (χ3v) is 13.9. The van der Waals surface area contributed by atoms with Crippen molar-refractivity contribution in [2.24, 2.45) is 0 Å². The third kappa shape index (κ3) is 55.8. The van der Waals surface area contributed by atoms with Crippen LogP contribution in [0.15, 0.2) is 12.0 Å². The summed E-state index contributed by atoms with van der Waals surface area (Å²) in [7, 11) is -4.84. The maximum atomic E-state index is 9.85. The van der Waals surface area contributed by atoms with Gasteiger partial charge in [0.1, 0.15) is 0 Å². The van der Waals surface area contributed by atoms with Crippen molar-refractivity contribution in [1.29, 1.82) is 0 Å². The minimum atomic E-state index is -4.84. The molecule has 3 N–H and O–H groups in total. The molecule has 7 nitrogen and oxygen atoms in total. The zero-order chi connectivity index (χ0) is 47.3. The minimum absolute atomic E-state index is 0.294. The van der Waals surface area contributed by atoms with E-state index in [2.05, 4.69) is 20.8 Å². The smallest absolute Gasteiger partial charge is 0.466 e. The van der Waals surface area contributed by atoms with E-state index in [1.54, 1.807) is 0 Å². The first kappa shape index (κ1) is 64.4. The Bertz CT molecular complexity index is 872. The van der Waals surface area contributed by atoms with E-state index >= 15 is 0 Å². The quantitative estimate of drug-likeness (QED) is 0.0242. The van der Waals surface area contributed by atoms with Crippen molar-refractivity contribution in [3.8, 4) is 0 Å². The van der Waals surface area contributed by atoms with Gasteiger partial charge in [-0.2, -0.15) is 0 Å². The highest BCUT2D eigenvalue weighted by atomic mass is 28.4. The Morgan fingerprint density at radius 2 is 0.508 bits per heavy atom. The Labute approximate surface area is 407 Å². The Kier molecular flexibility index (Phi) is 53.8. The average Bonchev–Trinajstić information content (AvgIpc) is 3.28. The van der Waals surface area contributed by atoms with E-state index in [-0.39, 0.29) is 0 Å². The lowest BCUT2D eigenvalue weighted by molar-refractivity contribution is -0.105. The van der Waals surface area contributed by atoms with E-state index in [1.165, 1.54) is 269 Å². The highest BCUT2D eigenvalue weighted by Crippen LogP contribution is 2.19. The lowest BCUT2D eigenvalue weighted by atomic mass is 10.0. The van der Waals surface area contributed by atoms with Gasteiger partial charge in [-0.1, -0.05) is 310 Å². The van der Waals surface area contributed by atoms with Gasteiger partial charge in [0.25, 0.3) is 5.95 Å². The predicted molar refractivity (Wildman–Crippen MR) is 282 cm³/mol. The van der Waals surface area contributed by atoms with E-state index in [0.717, 1.165) is 44.9 Å². The van der Waals surface area contributed by atoms with E-state index in [4.69, 9.17) is 18.6 Å². The van der Waals surface area contributed by atoms with Gasteiger partial charge >= 0.3 is 9.05 Å². The molecule has 0 saturated carbocycles. The van der Waals surface area contributed by atoms with Gasteiger partial charge in [0.2, 0.25) is 0 Å². The van der Waals surface area contributed by atoms with E-state index in [9.17, 15) is 14.4 Å². The molecule has 0 aliphatic heterocycles. The van der Waals surface area contributed by atoms with Crippen LogP contribution < -0.4 is 0 Å². The normalized spacial score (nSPS) is 12.3. The Hall–Kier alpha value is -0.643. The first-order valence-electron chi connectivity index (χ1n) is 29.4. The summed E-state index contributed by atoms with van der Waals surface area (Å²) in [4.78, 5) is 29.5. The molecule has 0 spiro atoms. The SMILES string of the molecule is CCCCCCCCCCCCCCCCCCOC(=CC(OCCCCCCCCCCCCCCCCCC)O[Si](O)(O)O)OCCCCCCCCCCCCCCCCCC. The molecule has 0 aliphatic rings. The van der Waals surface area contributed by atoms with Gasteiger partial charge in [0.15, 0.2) is 6.29 Å². The number of hydrogen-bond acceptors (Lipinski definition) is 7. The van der Waals surface area contributed by atoms with Gasteiger partial charge in [-0.15, -0.1) is 0 Å². The average molecular weight is 942 g/mol. The van der Waals surface area contributed by atoms with Crippen molar-refractivity contribution < 1.29 is 33.0 Å². The van der Waals surface area contributed by atoms with Crippen LogP contribution in [0.2, 0.25) is 0 Å². The van der Waals surface area contributed by atoms with E-state index < -0.39 is 15.3 Å². The van der Waals surface area contributed by atoms with Crippen LogP contribution in [-0.4, -0.2) is 49.5 Å². The lowest BCUT2D eigenvalue weighted by Crippen LogP contribution is -2.43. The summed E-state index contributed by atoms with van der Waals surface area (Å²) in [5.74, 6) is 0.294. The van der Waals surface area contributed by atoms with Crippen molar-refractivity contribution in [2.75, 3.05) is 19.8 Å². The molecule has 0 aromatic carbocycles. The summed E-state index contributed by atoms with van der Waals surface area (Å²) in [6.45, 7) is 8.30. The number of unbranched alkanes of at least 4 members (excludes halogenated alkanes) is 45. The van der Waals surface area contributed by atoms with E-state index in [1.807, 2.05) is 0 Å². The van der Waals surface area contributed by atoms with Crippen molar-refractivity contribution in [1.82, 2.24) is 0 Å². The first-order valence-corrected chi connectivity index (χ1v) is 31.1. The molecule has 0 bridgehead atoms. The predicted octanol–water partition coefficient (Wildman–Crippen LogP) is 18.4. The van der Waals surface area contributed by atoms with Crippen molar-refractivity contribution >= 4 is 9.05 Å². The van der Waals surface area contributed by atoms with Gasteiger partial charge in [0, 0.05) is 0 Å². The molecule has 8 heteroatoms. The highest BCUT2D eigenvalue weighted by Gasteiger charge is 2.35. The second kappa shape index (κ2) is 54.3. The fourth-order valence-electron chi connectivity index (χ4n) is 9.02. The summed E-state index contributed by atoms with van der Waals surface area (Å²) >= 11 is 0. The van der Waals surface area contributed by atoms with Crippen LogP contribution in [0.1, 0.15) is 329 Å². The molecule has 390 valence electrons. The number of ether oxygens (including phenoxy) is 3. The Morgan fingerprint density at radius 1 is 0.308 bits per heavy atom. The third-order valence-electron chi connectivity index (χ3n) is 13.3. The standard InChI is InChI=1S/C57H116O7Si/c1-4-7-10-13-16-19-22-25-28-31-34-37-40-43-46-49-52-61-56(62-53-50-47-44-41-38-35-32-29-26-23-20-17-14-11-8-5-2)55-57(64-65(58,59)60)63-54-51-48-45-42-39-36-33-30-27-24-21-18-15-12-9-6-3/h55,57-60H,4-54H2,1-3H3. The molecule has 0 radical (unpaired) electrons. The van der Waals surface area contributed by atoms with Crippen LogP contribution >= 0.6 is 0 Å². The summed E-state index contributed by atoms with van der Waals surface area (Å²) in [6.07, 6.45) is 63.5. The maximum absolute atomic E-state index is 9.85. The Morgan fingerprint density at radius 3 is 0.723 bits per heavy atom. The second-order valence-electron chi connectivity index (χ2n) is 20.0. The lowest BCUT2D eigenvalue weighted by Gasteiger charge is -2.20. The molecule has 0 amide bonds. The molecule has 0 saturated heterocycles. The summed E-state index contributed by atoms with van der Waals surface area (Å²) < 4.78 is 23.4. The summed E-state index contributed by atoms with van der Waals surface area (Å²) in [6, 6.07) is 0. The molecular formula is C57H116O7Si. The van der Waals surface area contributed by atoms with Crippen molar-refractivity contribution in [3.63, 3.8) is 0 Å². The molecular weight excluding hydrogens is 825 g/mol. The molecule has 1 unspecified atom stereocenters. The van der Waals surface area contributed by atoms with Gasteiger partial charge < -0.3 is 33.0 Å². The topological polar surface area (TPSA) is 97.6 Å². The zero-order valence-electron chi connectivity index (χ0n) is 44.2. The molecule has 1 atom stereocenters. The van der Waals surface area contributed by atoms with E-state index in [0.29, 0.717) is 25.8 Å². The Balaban J connectivity index is 4.54. The van der Waals surface area contributed by atoms with Crippen molar-refractivity contribution in [3.05, 3.63) is 12.0 Å². The van der Waals surface area contributed by atoms with Gasteiger partial charge in [-0.25, -0.2) is 0 Å². The fraction of sp³-hybridized carbons (Fsp3) is 0.965. The maximum Gasteiger partial charge on any atom is 0.673 e. The van der Waals surface area contributed by atoms with Crippen LogP contribution in [-0.2, 0) is 18.6 Å². The summed E-state index contributed by atoms with van der Waals surface area (Å²) in [5.41, 5.74) is 0. The number of hydrogen-bond donors (Lipinski definition) is 3. The largest absolute Gasteiger partial charge is 0.673 e. The molecule has 0 aromatic heterocycles. The zero-order valence-corrected chi connectivity index (χ0v) is 45.2. The molecule has 0 fully saturated rings. The van der Waals surface area contributed by atoms with Gasteiger partial charge in [-0.05, 0) is 19.3 Å². The van der Waals surface area contributed by atoms with Gasteiger partial charge in [-0.3, -0.25) is 0 Å². The van der Waals surface area contributed by atoms with Crippen LogP contribution in [0.5, 0.6) is 0 Å². The molecule has 65 heavy (non-hydrogen) atoms. The minimum Gasteiger partial charge on any atom is -0.466 e. The molecule has 0 aliphatic carbocycles. The van der Waals surface area contributed by atoms with Crippen LogP contribution in [0.3, 0.4) is 0 Å². The monoisotopic (exact) mass is 941 g/mol. The van der Waals surface area contributed by atoms with Crippen LogP contribution in [0, 0.1) is 0 Å². The van der Waals surface area contributed by atoms with Crippen LogP contribution in [0.25, 0.3) is 0 Å². The van der Waals surface area contributed by atoms with Gasteiger partial charge in [0.05, 0.1) is 25.9 Å². The van der Waals surface area contributed by atoms with Crippen molar-refractivity contribution in [2.45, 2.75) is 335 Å². The number of rotatable bonds is 57. The molecule has 0 heterocycles. The second-order valence-corrected chi connectivity index (χ2v) is 21.4.